The summed E-state index contributed by atoms with van der Waals surface area (Å²) in [4.78, 5) is 7.18. The third-order valence-corrected chi connectivity index (χ3v) is 15.9. The third kappa shape index (κ3) is 5.07. The maximum Gasteiger partial charge on any atom is 0.201 e. The Morgan fingerprint density at radius 3 is 2.02 bits per heavy atom. The number of anilines is 1. The molecule has 1 aliphatic heterocycles. The van der Waals surface area contributed by atoms with E-state index >= 15 is 0 Å². The summed E-state index contributed by atoms with van der Waals surface area (Å²) in [7, 11) is 0. The largest absolute Gasteiger partial charge is 0.345 e. The Labute approximate surface area is 366 Å². The summed E-state index contributed by atoms with van der Waals surface area (Å²) in [6, 6.07) is 61.5. The Kier molecular flexibility index (Phi) is 7.90. The van der Waals surface area contributed by atoms with Gasteiger partial charge in [0, 0.05) is 26.8 Å². The molecule has 8 aromatic carbocycles. The van der Waals surface area contributed by atoms with Crippen LogP contribution in [0, 0.1) is 6.92 Å². The molecule has 0 amide bonds. The van der Waals surface area contributed by atoms with Crippen LogP contribution in [-0.2, 0) is 6.42 Å². The van der Waals surface area contributed by atoms with Crippen molar-refractivity contribution in [2.75, 3.05) is 5.32 Å². The molecule has 13 rings (SSSR count). The molecule has 0 saturated heterocycles. The summed E-state index contributed by atoms with van der Waals surface area (Å²) >= 11 is 1.89. The molecule has 4 heteroatoms. The van der Waals surface area contributed by atoms with Crippen LogP contribution in [0.3, 0.4) is 0 Å². The molecule has 0 radical (unpaired) electrons. The van der Waals surface area contributed by atoms with Crippen LogP contribution >= 0.6 is 11.3 Å². The number of benzene rings is 8. The number of rotatable bonds is 2. The first-order chi connectivity index (χ1) is 30.5. The maximum absolute atomic E-state index is 5.92. The van der Waals surface area contributed by atoms with Gasteiger partial charge in [-0.15, -0.1) is 11.3 Å². The number of thiophene rings is 1. The van der Waals surface area contributed by atoms with E-state index in [0.717, 1.165) is 12.8 Å². The monoisotopic (exact) mass is 815 g/mol. The number of nitrogens with zero attached hydrogens (tertiary/aromatic N) is 2. The number of hydrogen-bond donors (Lipinski definition) is 1. The summed E-state index contributed by atoms with van der Waals surface area (Å²) in [6.07, 6.45) is 1.58. The Bertz CT molecular complexity index is 3470. The van der Waals surface area contributed by atoms with Crippen LogP contribution in [0.15, 0.2) is 169 Å². The molecule has 298 valence electrons. The second-order valence-corrected chi connectivity index (χ2v) is 18.8. The standard InChI is InChI=1S/C58H45N3S/c1-33-34(2)52-39-18-5-4-16-36(39)28-31-47(52)53-35(3)48(40-19-7-6-17-38(33)40)32-37-29-30-45(41-20-8-9-23-44(41)54(37)53)55-57-56(46-24-12-15-27-51(46)62-57)60-58(59-55)61-49-25-13-10-21-42(49)43-22-11-14-26-50(43)61/h4-28,31-34,45,58,60H,29-30H2,1-3H3/t33?,34-,45?,58?/m1/s1. The Balaban J connectivity index is 1.08. The van der Waals surface area contributed by atoms with Gasteiger partial charge in [-0.2, -0.15) is 0 Å². The van der Waals surface area contributed by atoms with Gasteiger partial charge in [-0.05, 0) is 122 Å². The lowest BCUT2D eigenvalue weighted by atomic mass is 9.77. The van der Waals surface area contributed by atoms with Crippen LogP contribution in [0.4, 0.5) is 5.69 Å². The lowest BCUT2D eigenvalue weighted by molar-refractivity contribution is 0.617. The normalized spacial score (nSPS) is 19.0. The predicted molar refractivity (Wildman–Crippen MR) is 263 cm³/mol. The van der Waals surface area contributed by atoms with Crippen LogP contribution in [0.2, 0.25) is 0 Å². The first kappa shape index (κ1) is 36.0. The van der Waals surface area contributed by atoms with Crippen molar-refractivity contribution in [3.8, 4) is 33.4 Å². The van der Waals surface area contributed by atoms with Crippen LogP contribution in [0.25, 0.3) is 76.0 Å². The molecule has 0 saturated carbocycles. The molecule has 3 unspecified atom stereocenters. The second kappa shape index (κ2) is 13.6. The van der Waals surface area contributed by atoms with Crippen molar-refractivity contribution in [3.63, 3.8) is 0 Å². The van der Waals surface area contributed by atoms with E-state index < -0.39 is 0 Å². The fourth-order valence-corrected chi connectivity index (χ4v) is 12.9. The van der Waals surface area contributed by atoms with Gasteiger partial charge >= 0.3 is 0 Å². The summed E-state index contributed by atoms with van der Waals surface area (Å²) in [5.41, 5.74) is 20.0. The van der Waals surface area contributed by atoms with Crippen molar-refractivity contribution in [2.24, 2.45) is 4.99 Å². The van der Waals surface area contributed by atoms with Gasteiger partial charge < -0.3 is 9.88 Å². The maximum atomic E-state index is 5.92. The highest BCUT2D eigenvalue weighted by Crippen LogP contribution is 2.55. The van der Waals surface area contributed by atoms with E-state index in [0.29, 0.717) is 11.8 Å². The minimum Gasteiger partial charge on any atom is -0.345 e. The number of hydrogen-bond acceptors (Lipinski definition) is 3. The quantitative estimate of drug-likeness (QED) is 0.185. The number of fused-ring (bicyclic) bond motifs is 18. The van der Waals surface area contributed by atoms with Gasteiger partial charge in [-0.1, -0.05) is 159 Å². The number of aromatic nitrogens is 1. The SMILES string of the molecule is Cc1c2cc3c(c1-c1ccc4ccccc4c1[C@H](C)C(C)c1ccccc1-2)-c1ccccc1C(C1=NC(n2c4ccccc4c4ccccc42)Nc2c1sc1ccccc21)CC3. The van der Waals surface area contributed by atoms with Crippen molar-refractivity contribution in [1.29, 1.82) is 0 Å². The molecule has 10 aromatic rings. The summed E-state index contributed by atoms with van der Waals surface area (Å²) in [6.45, 7) is 7.30. The molecule has 62 heavy (non-hydrogen) atoms. The van der Waals surface area contributed by atoms with Crippen molar-refractivity contribution in [3.05, 3.63) is 196 Å². The van der Waals surface area contributed by atoms with E-state index in [4.69, 9.17) is 4.99 Å². The highest BCUT2D eigenvalue weighted by Gasteiger charge is 2.37. The third-order valence-electron chi connectivity index (χ3n) is 14.7. The van der Waals surface area contributed by atoms with Crippen molar-refractivity contribution < 1.29 is 0 Å². The highest BCUT2D eigenvalue weighted by molar-refractivity contribution is 7.21. The van der Waals surface area contributed by atoms with Crippen molar-refractivity contribution >= 4 is 65.4 Å². The van der Waals surface area contributed by atoms with Gasteiger partial charge in [-0.25, -0.2) is 4.99 Å². The van der Waals surface area contributed by atoms with Crippen molar-refractivity contribution in [1.82, 2.24) is 4.57 Å². The van der Waals surface area contributed by atoms with Gasteiger partial charge in [0.2, 0.25) is 6.29 Å². The fraction of sp³-hybridized carbons (Fsp3) is 0.155. The average molecular weight is 816 g/mol. The molecule has 4 atom stereocenters. The van der Waals surface area contributed by atoms with E-state index in [9.17, 15) is 0 Å². The zero-order valence-electron chi connectivity index (χ0n) is 35.1. The molecular weight excluding hydrogens is 771 g/mol. The molecule has 3 aliphatic rings. The van der Waals surface area contributed by atoms with Crippen LogP contribution < -0.4 is 5.32 Å². The zero-order valence-corrected chi connectivity index (χ0v) is 35.9. The Hall–Kier alpha value is -6.75. The zero-order chi connectivity index (χ0) is 41.2. The summed E-state index contributed by atoms with van der Waals surface area (Å²) in [5.74, 6) is 0.704. The van der Waals surface area contributed by atoms with Crippen molar-refractivity contribution in [2.45, 2.75) is 57.7 Å². The first-order valence-electron chi connectivity index (χ1n) is 22.2. The van der Waals surface area contributed by atoms with E-state index in [1.807, 2.05) is 11.3 Å². The molecule has 3 nitrogen and oxygen atoms in total. The lowest BCUT2D eigenvalue weighted by Crippen LogP contribution is -2.26. The van der Waals surface area contributed by atoms with E-state index in [1.54, 1.807) is 0 Å². The molecule has 2 aliphatic carbocycles. The Morgan fingerprint density at radius 1 is 0.581 bits per heavy atom. The molecule has 3 heterocycles. The van der Waals surface area contributed by atoms with Gasteiger partial charge in [0.15, 0.2) is 0 Å². The van der Waals surface area contributed by atoms with Crippen LogP contribution in [0.5, 0.6) is 0 Å². The molecule has 0 fully saturated rings. The summed E-state index contributed by atoms with van der Waals surface area (Å²) < 4.78 is 3.72. The second-order valence-electron chi connectivity index (χ2n) is 17.8. The number of aryl methyl sites for hydroxylation is 1. The Morgan fingerprint density at radius 2 is 1.23 bits per heavy atom. The predicted octanol–water partition coefficient (Wildman–Crippen LogP) is 15.8. The number of para-hydroxylation sites is 2. The smallest absolute Gasteiger partial charge is 0.201 e. The minimum atomic E-state index is -0.319. The lowest BCUT2D eigenvalue weighted by Gasteiger charge is -2.30. The average Bonchev–Trinajstić information content (AvgIpc) is 3.81. The molecule has 2 aromatic heterocycles. The molecule has 0 spiro atoms. The fourth-order valence-electron chi connectivity index (χ4n) is 11.7. The molecule has 1 N–H and O–H groups in total. The molecular formula is C58H45N3S. The first-order valence-corrected chi connectivity index (χ1v) is 23.1. The minimum absolute atomic E-state index is 0.0786. The number of aliphatic imine (C=N–C) groups is 1. The summed E-state index contributed by atoms with van der Waals surface area (Å²) in [5, 5.41) is 10.5. The van der Waals surface area contributed by atoms with Gasteiger partial charge in [0.1, 0.15) is 0 Å². The molecule has 2 bridgehead atoms. The van der Waals surface area contributed by atoms with Gasteiger partial charge in [-0.3, -0.25) is 0 Å². The van der Waals surface area contributed by atoms with E-state index in [-0.39, 0.29) is 12.2 Å². The van der Waals surface area contributed by atoms with Gasteiger partial charge in [0.05, 0.1) is 27.3 Å². The van der Waals surface area contributed by atoms with E-state index in [1.165, 1.54) is 120 Å². The highest BCUT2D eigenvalue weighted by atomic mass is 32.1. The van der Waals surface area contributed by atoms with Crippen LogP contribution in [0.1, 0.15) is 77.0 Å². The number of nitrogens with one attached hydrogen (secondary N) is 1. The van der Waals surface area contributed by atoms with E-state index in [2.05, 4.69) is 194 Å². The van der Waals surface area contributed by atoms with Crippen LogP contribution in [-0.4, -0.2) is 10.3 Å². The topological polar surface area (TPSA) is 29.3 Å². The van der Waals surface area contributed by atoms with Gasteiger partial charge in [0.25, 0.3) is 0 Å².